The number of likely N-dealkylation sites (tertiary alicyclic amines) is 2. The lowest BCUT2D eigenvalue weighted by atomic mass is 9.94. The molecule has 12 heteroatoms. The summed E-state index contributed by atoms with van der Waals surface area (Å²) in [5.41, 5.74) is 1.43. The third kappa shape index (κ3) is 5.40. The SMILES string of the molecule is C[C@H](Oc1nc2c(F)c(-c3cccc4cccc(Cl)c34)c(Cl)cc2c2c1cnn2[C@H]1CCN(C(=O)O)[C@H](CC#N)C1)C1CCCN1C. The van der Waals surface area contributed by atoms with E-state index in [1.165, 1.54) is 4.90 Å². The molecule has 2 fully saturated rings. The number of rotatable bonds is 6. The second kappa shape index (κ2) is 12.5. The van der Waals surface area contributed by atoms with Crippen molar-refractivity contribution in [3.63, 3.8) is 0 Å². The molecule has 0 radical (unpaired) electrons. The predicted molar refractivity (Wildman–Crippen MR) is 181 cm³/mol. The maximum absolute atomic E-state index is 17.1. The molecule has 1 amide bonds. The van der Waals surface area contributed by atoms with Crippen molar-refractivity contribution in [1.82, 2.24) is 24.6 Å². The molecular weight excluding hydrogens is 642 g/mol. The highest BCUT2D eigenvalue weighted by molar-refractivity contribution is 6.38. The Morgan fingerprint density at radius 2 is 1.96 bits per heavy atom. The molecule has 4 atom stereocenters. The molecule has 0 bridgehead atoms. The molecule has 47 heavy (non-hydrogen) atoms. The summed E-state index contributed by atoms with van der Waals surface area (Å²) in [6, 6.07) is 14.4. The van der Waals surface area contributed by atoms with Crippen LogP contribution in [-0.2, 0) is 0 Å². The molecule has 2 aliphatic rings. The van der Waals surface area contributed by atoms with E-state index in [2.05, 4.69) is 18.0 Å². The Hall–Kier alpha value is -4.17. The summed E-state index contributed by atoms with van der Waals surface area (Å²) in [5.74, 6) is -0.334. The number of nitriles is 1. The second-order valence-corrected chi connectivity index (χ2v) is 13.4. The number of likely N-dealkylation sites (N-methyl/N-ethyl adjacent to an activating group) is 1. The van der Waals surface area contributed by atoms with Crippen LogP contribution >= 0.6 is 23.2 Å². The van der Waals surface area contributed by atoms with Gasteiger partial charge in [0.15, 0.2) is 5.82 Å². The van der Waals surface area contributed by atoms with Crippen LogP contribution in [0.1, 0.15) is 45.1 Å². The number of carboxylic acid groups (broad SMARTS) is 1. The highest BCUT2D eigenvalue weighted by Gasteiger charge is 2.35. The number of benzene rings is 3. The summed E-state index contributed by atoms with van der Waals surface area (Å²) in [7, 11) is 2.07. The number of hydrogen-bond acceptors (Lipinski definition) is 6. The average molecular weight is 676 g/mol. The smallest absolute Gasteiger partial charge is 0.407 e. The largest absolute Gasteiger partial charge is 0.472 e. The zero-order valence-electron chi connectivity index (χ0n) is 26.0. The van der Waals surface area contributed by atoms with Gasteiger partial charge >= 0.3 is 6.09 Å². The molecule has 4 heterocycles. The first kappa shape index (κ1) is 31.4. The summed E-state index contributed by atoms with van der Waals surface area (Å²) in [4.78, 5) is 20.3. The summed E-state index contributed by atoms with van der Waals surface area (Å²) in [6.45, 7) is 3.22. The highest BCUT2D eigenvalue weighted by atomic mass is 35.5. The third-order valence-corrected chi connectivity index (χ3v) is 10.4. The lowest BCUT2D eigenvalue weighted by molar-refractivity contribution is 0.0915. The van der Waals surface area contributed by atoms with Gasteiger partial charge in [-0.15, -0.1) is 0 Å². The summed E-state index contributed by atoms with van der Waals surface area (Å²) < 4.78 is 25.5. The van der Waals surface area contributed by atoms with Crippen molar-refractivity contribution < 1.29 is 19.0 Å². The van der Waals surface area contributed by atoms with Crippen LogP contribution in [0.4, 0.5) is 9.18 Å². The van der Waals surface area contributed by atoms with Crippen LogP contribution in [0.2, 0.25) is 10.0 Å². The number of nitrogens with zero attached hydrogens (tertiary/aromatic N) is 6. The Morgan fingerprint density at radius 1 is 1.17 bits per heavy atom. The van der Waals surface area contributed by atoms with Crippen LogP contribution in [0.25, 0.3) is 43.7 Å². The molecule has 5 aromatic rings. The molecule has 1 N–H and O–H groups in total. The Morgan fingerprint density at radius 3 is 2.68 bits per heavy atom. The van der Waals surface area contributed by atoms with E-state index >= 15 is 4.39 Å². The topological polar surface area (TPSA) is 108 Å². The van der Waals surface area contributed by atoms with Gasteiger partial charge in [-0.05, 0) is 69.3 Å². The lowest BCUT2D eigenvalue weighted by Gasteiger charge is -2.37. The van der Waals surface area contributed by atoms with E-state index in [4.69, 9.17) is 38.0 Å². The predicted octanol–water partition coefficient (Wildman–Crippen LogP) is 8.31. The minimum Gasteiger partial charge on any atom is -0.472 e. The normalized spacial score (nSPS) is 21.0. The number of pyridine rings is 1. The number of hydrogen-bond donors (Lipinski definition) is 1. The molecule has 2 aromatic heterocycles. The van der Waals surface area contributed by atoms with Crippen LogP contribution in [-0.4, -0.2) is 74.1 Å². The standard InChI is InChI=1S/C35H33Cl2FN6O3/c1-19(28-10-5-14-42(28)2)47-34-25-18-40-44(22-12-15-43(35(45)46)21(16-22)11-13-39)33(25)24-17-27(37)30(31(38)32(24)41-34)23-8-3-6-20-7-4-9-26(36)29(20)23/h3-4,6-9,17-19,21-22,28H,5,10-12,14-16H2,1-2H3,(H,45,46)/t19-,21+,22-,28?/m0/s1. The Bertz CT molecular complexity index is 2080. The van der Waals surface area contributed by atoms with Crippen molar-refractivity contribution in [2.75, 3.05) is 20.1 Å². The van der Waals surface area contributed by atoms with Crippen molar-refractivity contribution in [1.29, 1.82) is 5.26 Å². The van der Waals surface area contributed by atoms with Crippen LogP contribution in [0.5, 0.6) is 5.88 Å². The van der Waals surface area contributed by atoms with Gasteiger partial charge in [-0.1, -0.05) is 53.5 Å². The van der Waals surface area contributed by atoms with Crippen LogP contribution < -0.4 is 4.74 Å². The number of carbonyl (C=O) groups is 1. The Balaban J connectivity index is 1.44. The number of fused-ring (bicyclic) bond motifs is 4. The number of piperidine rings is 1. The first-order valence-electron chi connectivity index (χ1n) is 15.8. The van der Waals surface area contributed by atoms with Crippen LogP contribution in [0, 0.1) is 17.1 Å². The molecule has 2 aliphatic heterocycles. The molecular formula is C35H33Cl2FN6O3. The van der Waals surface area contributed by atoms with E-state index in [9.17, 15) is 15.2 Å². The number of aromatic nitrogens is 3. The fourth-order valence-corrected chi connectivity index (χ4v) is 8.13. The number of halogens is 3. The van der Waals surface area contributed by atoms with E-state index in [1.807, 2.05) is 35.9 Å². The van der Waals surface area contributed by atoms with Gasteiger partial charge in [0.05, 0.1) is 46.7 Å². The van der Waals surface area contributed by atoms with E-state index < -0.39 is 18.0 Å². The third-order valence-electron chi connectivity index (χ3n) is 9.83. The zero-order valence-corrected chi connectivity index (χ0v) is 27.5. The van der Waals surface area contributed by atoms with E-state index in [-0.39, 0.29) is 53.1 Å². The van der Waals surface area contributed by atoms with Gasteiger partial charge in [-0.2, -0.15) is 10.4 Å². The van der Waals surface area contributed by atoms with E-state index in [0.29, 0.717) is 45.1 Å². The van der Waals surface area contributed by atoms with Gasteiger partial charge in [0.25, 0.3) is 0 Å². The van der Waals surface area contributed by atoms with Gasteiger partial charge in [0.1, 0.15) is 11.6 Å². The van der Waals surface area contributed by atoms with Crippen molar-refractivity contribution >= 4 is 61.9 Å². The van der Waals surface area contributed by atoms with Crippen LogP contribution in [0.3, 0.4) is 0 Å². The van der Waals surface area contributed by atoms with E-state index in [0.717, 1.165) is 24.8 Å². The van der Waals surface area contributed by atoms with Gasteiger partial charge in [0.2, 0.25) is 5.88 Å². The molecule has 0 saturated carbocycles. The average Bonchev–Trinajstić information content (AvgIpc) is 3.69. The van der Waals surface area contributed by atoms with Crippen molar-refractivity contribution in [3.05, 3.63) is 64.5 Å². The molecule has 0 spiro atoms. The monoisotopic (exact) mass is 674 g/mol. The minimum absolute atomic E-state index is 0.0580. The van der Waals surface area contributed by atoms with Crippen molar-refractivity contribution in [2.45, 2.75) is 63.3 Å². The molecule has 3 aromatic carbocycles. The second-order valence-electron chi connectivity index (χ2n) is 12.5. The fourth-order valence-electron chi connectivity index (χ4n) is 7.55. The molecule has 7 rings (SSSR count). The quantitative estimate of drug-likeness (QED) is 0.193. The van der Waals surface area contributed by atoms with Crippen LogP contribution in [0.15, 0.2) is 48.7 Å². The molecule has 2 saturated heterocycles. The zero-order chi connectivity index (χ0) is 33.0. The maximum atomic E-state index is 17.1. The molecule has 9 nitrogen and oxygen atoms in total. The highest BCUT2D eigenvalue weighted by Crippen LogP contribution is 2.44. The first-order chi connectivity index (χ1) is 22.7. The van der Waals surface area contributed by atoms with Gasteiger partial charge < -0.3 is 14.7 Å². The Labute approximate surface area is 281 Å². The van der Waals surface area contributed by atoms with Gasteiger partial charge in [0, 0.05) is 33.9 Å². The minimum atomic E-state index is -1.06. The van der Waals surface area contributed by atoms with Crippen molar-refractivity contribution in [2.24, 2.45) is 0 Å². The van der Waals surface area contributed by atoms with Gasteiger partial charge in [-0.25, -0.2) is 14.2 Å². The van der Waals surface area contributed by atoms with E-state index in [1.54, 1.807) is 24.4 Å². The molecule has 242 valence electrons. The number of amides is 1. The first-order valence-corrected chi connectivity index (χ1v) is 16.5. The maximum Gasteiger partial charge on any atom is 0.407 e. The van der Waals surface area contributed by atoms with Gasteiger partial charge in [-0.3, -0.25) is 9.58 Å². The fraction of sp³-hybridized carbons (Fsp3) is 0.371. The lowest BCUT2D eigenvalue weighted by Crippen LogP contribution is -2.45. The summed E-state index contributed by atoms with van der Waals surface area (Å²) in [5, 5.41) is 27.3. The molecule has 0 aliphatic carbocycles. The van der Waals surface area contributed by atoms with Crippen molar-refractivity contribution in [3.8, 4) is 23.1 Å². The Kier molecular flexibility index (Phi) is 8.33. The number of ether oxygens (including phenoxy) is 1. The molecule has 1 unspecified atom stereocenters. The summed E-state index contributed by atoms with van der Waals surface area (Å²) >= 11 is 13.6. The summed E-state index contributed by atoms with van der Waals surface area (Å²) in [6.07, 6.45) is 3.34.